The Kier molecular flexibility index (Phi) is 3.02. The molecule has 0 saturated heterocycles. The summed E-state index contributed by atoms with van der Waals surface area (Å²) in [5.74, 6) is -0.173. The van der Waals surface area contributed by atoms with E-state index in [0.717, 1.165) is 5.56 Å². The lowest BCUT2D eigenvalue weighted by Crippen LogP contribution is -2.32. The Hall–Kier alpha value is -1.85. The maximum atomic E-state index is 10.1. The second kappa shape index (κ2) is 4.24. The summed E-state index contributed by atoms with van der Waals surface area (Å²) in [6.45, 7) is 0.284. The molecule has 6 nitrogen and oxygen atoms in total. The number of hydrogen-bond acceptors (Lipinski definition) is 4. The Morgan fingerprint density at radius 3 is 3.15 bits per heavy atom. The third-order valence-electron chi connectivity index (χ3n) is 1.54. The van der Waals surface area contributed by atoms with E-state index in [4.69, 9.17) is 11.1 Å². The van der Waals surface area contributed by atoms with Gasteiger partial charge in [-0.2, -0.15) is 5.10 Å². The fourth-order valence-electron chi connectivity index (χ4n) is 0.902. The smallest absolute Gasteiger partial charge is 0.293 e. The minimum absolute atomic E-state index is 0.173. The van der Waals surface area contributed by atoms with Crippen LogP contribution in [0.1, 0.15) is 5.56 Å². The van der Waals surface area contributed by atoms with Crippen molar-refractivity contribution >= 4 is 12.3 Å². The van der Waals surface area contributed by atoms with Crippen molar-refractivity contribution in [1.82, 2.24) is 10.2 Å². The zero-order chi connectivity index (χ0) is 9.68. The standard InChI is InChI=1S/C7H10N4O2/c8-7(9)6(13-4-12)1-5-2-10-11-3-5/h2-4,6H,1H2,(H3,8,9)(H,10,11). The van der Waals surface area contributed by atoms with Crippen molar-refractivity contribution in [2.75, 3.05) is 0 Å². The molecule has 0 spiro atoms. The van der Waals surface area contributed by atoms with Crippen molar-refractivity contribution in [3.8, 4) is 0 Å². The van der Waals surface area contributed by atoms with Crippen LogP contribution in [0, 0.1) is 5.41 Å². The molecule has 0 saturated carbocycles. The van der Waals surface area contributed by atoms with Crippen LogP contribution >= 0.6 is 0 Å². The van der Waals surface area contributed by atoms with Crippen LogP contribution in [0.5, 0.6) is 0 Å². The number of nitrogens with one attached hydrogen (secondary N) is 2. The molecule has 70 valence electrons. The minimum Gasteiger partial charge on any atom is -0.456 e. The fraction of sp³-hybridized carbons (Fsp3) is 0.286. The quantitative estimate of drug-likeness (QED) is 0.322. The lowest BCUT2D eigenvalue weighted by Gasteiger charge is -2.11. The molecular weight excluding hydrogens is 172 g/mol. The van der Waals surface area contributed by atoms with Gasteiger partial charge >= 0.3 is 0 Å². The predicted molar refractivity (Wildman–Crippen MR) is 45.1 cm³/mol. The summed E-state index contributed by atoms with van der Waals surface area (Å²) < 4.78 is 4.60. The van der Waals surface area contributed by atoms with Gasteiger partial charge in [-0.3, -0.25) is 15.3 Å². The van der Waals surface area contributed by atoms with Crippen LogP contribution in [0.25, 0.3) is 0 Å². The summed E-state index contributed by atoms with van der Waals surface area (Å²) in [5.41, 5.74) is 6.04. The van der Waals surface area contributed by atoms with Crippen molar-refractivity contribution in [2.24, 2.45) is 5.73 Å². The molecule has 0 aliphatic rings. The Morgan fingerprint density at radius 1 is 1.92 bits per heavy atom. The van der Waals surface area contributed by atoms with Crippen LogP contribution in [-0.2, 0) is 16.0 Å². The van der Waals surface area contributed by atoms with Gasteiger partial charge in [0, 0.05) is 12.6 Å². The highest BCUT2D eigenvalue weighted by molar-refractivity contribution is 5.82. The van der Waals surface area contributed by atoms with Crippen molar-refractivity contribution < 1.29 is 9.53 Å². The fourth-order valence-corrected chi connectivity index (χ4v) is 0.902. The molecule has 1 rings (SSSR count). The maximum absolute atomic E-state index is 10.1. The molecule has 1 atom stereocenters. The molecule has 0 fully saturated rings. The van der Waals surface area contributed by atoms with Gasteiger partial charge in [0.2, 0.25) is 0 Å². The Labute approximate surface area is 74.6 Å². The van der Waals surface area contributed by atoms with Gasteiger partial charge in [-0.25, -0.2) is 0 Å². The average molecular weight is 182 g/mol. The summed E-state index contributed by atoms with van der Waals surface area (Å²) in [5, 5.41) is 13.4. The molecule has 6 heteroatoms. The first-order valence-electron chi connectivity index (χ1n) is 3.64. The number of hydrogen-bond donors (Lipinski definition) is 3. The van der Waals surface area contributed by atoms with Gasteiger partial charge in [0.25, 0.3) is 6.47 Å². The maximum Gasteiger partial charge on any atom is 0.293 e. The van der Waals surface area contributed by atoms with Crippen LogP contribution < -0.4 is 5.73 Å². The van der Waals surface area contributed by atoms with Gasteiger partial charge < -0.3 is 10.5 Å². The highest BCUT2D eigenvalue weighted by Crippen LogP contribution is 2.02. The summed E-state index contributed by atoms with van der Waals surface area (Å²) in [6.07, 6.45) is 2.91. The van der Waals surface area contributed by atoms with Gasteiger partial charge in [-0.1, -0.05) is 0 Å². The number of rotatable bonds is 5. The van der Waals surface area contributed by atoms with Crippen molar-refractivity contribution in [3.05, 3.63) is 18.0 Å². The largest absolute Gasteiger partial charge is 0.456 e. The van der Waals surface area contributed by atoms with Crippen molar-refractivity contribution in [1.29, 1.82) is 5.41 Å². The molecule has 13 heavy (non-hydrogen) atoms. The van der Waals surface area contributed by atoms with E-state index in [-0.39, 0.29) is 12.3 Å². The lowest BCUT2D eigenvalue weighted by molar-refractivity contribution is -0.130. The van der Waals surface area contributed by atoms with E-state index < -0.39 is 6.10 Å². The summed E-state index contributed by atoms with van der Waals surface area (Å²) in [7, 11) is 0. The first-order valence-corrected chi connectivity index (χ1v) is 3.64. The molecule has 1 aromatic heterocycles. The number of ether oxygens (including phenoxy) is 1. The summed E-state index contributed by atoms with van der Waals surface area (Å²) in [4.78, 5) is 10.1. The van der Waals surface area contributed by atoms with Crippen LogP contribution in [-0.4, -0.2) is 28.6 Å². The van der Waals surface area contributed by atoms with Crippen molar-refractivity contribution in [2.45, 2.75) is 12.5 Å². The SMILES string of the molecule is N=C(N)C(Cc1cn[nH]c1)OC=O. The third kappa shape index (κ3) is 2.58. The molecule has 0 aliphatic heterocycles. The Balaban J connectivity index is 2.57. The monoisotopic (exact) mass is 182 g/mol. The van der Waals surface area contributed by atoms with Crippen LogP contribution in [0.3, 0.4) is 0 Å². The van der Waals surface area contributed by atoms with E-state index in [1.807, 2.05) is 0 Å². The molecule has 1 aromatic rings. The summed E-state index contributed by atoms with van der Waals surface area (Å²) >= 11 is 0. The van der Waals surface area contributed by atoms with Gasteiger partial charge in [0.15, 0.2) is 6.10 Å². The number of carbonyl (C=O) groups excluding carboxylic acids is 1. The van der Waals surface area contributed by atoms with Crippen molar-refractivity contribution in [3.63, 3.8) is 0 Å². The Bertz CT molecular complexity index is 283. The number of nitrogens with zero attached hydrogens (tertiary/aromatic N) is 1. The van der Waals surface area contributed by atoms with E-state index >= 15 is 0 Å². The number of carbonyl (C=O) groups is 1. The molecule has 0 aliphatic carbocycles. The molecule has 1 unspecified atom stereocenters. The van der Waals surface area contributed by atoms with Crippen LogP contribution in [0.2, 0.25) is 0 Å². The molecular formula is C7H10N4O2. The average Bonchev–Trinajstić information content (AvgIpc) is 2.56. The Morgan fingerprint density at radius 2 is 2.69 bits per heavy atom. The van der Waals surface area contributed by atoms with E-state index in [0.29, 0.717) is 6.42 Å². The third-order valence-corrected chi connectivity index (χ3v) is 1.54. The first kappa shape index (κ1) is 9.24. The normalized spacial score (nSPS) is 12.0. The number of nitrogens with two attached hydrogens (primary N) is 1. The van der Waals surface area contributed by atoms with E-state index in [1.54, 1.807) is 12.4 Å². The van der Waals surface area contributed by atoms with Crippen LogP contribution in [0.15, 0.2) is 12.4 Å². The summed E-state index contributed by atoms with van der Waals surface area (Å²) in [6, 6.07) is 0. The number of amidine groups is 1. The van der Waals surface area contributed by atoms with Gasteiger partial charge in [0.1, 0.15) is 5.84 Å². The molecule has 4 N–H and O–H groups in total. The molecule has 0 aromatic carbocycles. The number of H-pyrrole nitrogens is 1. The van der Waals surface area contributed by atoms with E-state index in [1.165, 1.54) is 0 Å². The predicted octanol–water partition coefficient (Wildman–Crippen LogP) is -0.570. The second-order valence-electron chi connectivity index (χ2n) is 2.49. The van der Waals surface area contributed by atoms with Gasteiger partial charge in [0.05, 0.1) is 6.20 Å². The van der Waals surface area contributed by atoms with Crippen LogP contribution in [0.4, 0.5) is 0 Å². The van der Waals surface area contributed by atoms with E-state index in [2.05, 4.69) is 14.9 Å². The zero-order valence-corrected chi connectivity index (χ0v) is 6.86. The van der Waals surface area contributed by atoms with Gasteiger partial charge in [-0.15, -0.1) is 0 Å². The number of aromatic nitrogens is 2. The molecule has 0 bridgehead atoms. The lowest BCUT2D eigenvalue weighted by atomic mass is 10.1. The zero-order valence-electron chi connectivity index (χ0n) is 6.86. The highest BCUT2D eigenvalue weighted by atomic mass is 16.5. The minimum atomic E-state index is -0.699. The second-order valence-corrected chi connectivity index (χ2v) is 2.49. The topological polar surface area (TPSA) is 105 Å². The van der Waals surface area contributed by atoms with Gasteiger partial charge in [-0.05, 0) is 5.56 Å². The van der Waals surface area contributed by atoms with E-state index in [9.17, 15) is 4.79 Å². The number of aromatic amines is 1. The molecule has 0 radical (unpaired) electrons. The highest BCUT2D eigenvalue weighted by Gasteiger charge is 2.13. The first-order chi connectivity index (χ1) is 6.24. The molecule has 1 heterocycles. The molecule has 0 amide bonds.